The summed E-state index contributed by atoms with van der Waals surface area (Å²) in [6.45, 7) is 4.09. The van der Waals surface area contributed by atoms with E-state index in [-0.39, 0.29) is 0 Å². The fraction of sp³-hybridized carbons (Fsp3) is 0.273. The van der Waals surface area contributed by atoms with Gasteiger partial charge in [-0.25, -0.2) is 0 Å². The zero-order chi connectivity index (χ0) is 11.5. The van der Waals surface area contributed by atoms with Crippen molar-refractivity contribution in [2.24, 2.45) is 0 Å². The van der Waals surface area contributed by atoms with Gasteiger partial charge in [0.2, 0.25) is 5.69 Å². The highest BCUT2D eigenvalue weighted by Gasteiger charge is 2.22. The number of hydrogen-bond donors (Lipinski definition) is 0. The molecule has 4 nitrogen and oxygen atoms in total. The molecule has 0 atom stereocenters. The van der Waals surface area contributed by atoms with Crippen molar-refractivity contribution in [3.63, 3.8) is 0 Å². The minimum absolute atomic E-state index is 0.354. The van der Waals surface area contributed by atoms with Gasteiger partial charge < -0.3 is 5.21 Å². The summed E-state index contributed by atoms with van der Waals surface area (Å²) in [7, 11) is 0. The molecule has 1 aromatic carbocycles. The first kappa shape index (κ1) is 11.0. The fourth-order valence-electron chi connectivity index (χ4n) is 1.36. The van der Waals surface area contributed by atoms with Crippen LogP contribution in [0.1, 0.15) is 13.8 Å². The third-order valence-corrected chi connectivity index (χ3v) is 2.94. The second-order valence-electron chi connectivity index (χ2n) is 3.62. The van der Waals surface area contributed by atoms with Crippen molar-refractivity contribution in [3.8, 4) is 11.3 Å². The highest BCUT2D eigenvalue weighted by molar-refractivity contribution is 7.99. The van der Waals surface area contributed by atoms with Gasteiger partial charge in [0, 0.05) is 10.8 Å². The van der Waals surface area contributed by atoms with E-state index in [0.29, 0.717) is 20.9 Å². The molecule has 1 heterocycles. The Hall–Kier alpha value is -1.49. The molecule has 0 saturated heterocycles. The molecule has 84 valence electrons. The Morgan fingerprint density at radius 3 is 2.62 bits per heavy atom. The van der Waals surface area contributed by atoms with Crippen LogP contribution in [0.2, 0.25) is 0 Å². The summed E-state index contributed by atoms with van der Waals surface area (Å²) in [4.78, 5) is 0.458. The van der Waals surface area contributed by atoms with Crippen LogP contribution in [0.3, 0.4) is 0 Å². The predicted molar refractivity (Wildman–Crippen MR) is 61.9 cm³/mol. The lowest BCUT2D eigenvalue weighted by atomic mass is 10.2. The summed E-state index contributed by atoms with van der Waals surface area (Å²) in [5, 5.41) is 16.3. The standard InChI is InChI=1S/C11H12N2O2S/c1-8(2)16-11-10(13(14)15-12-11)9-6-4-3-5-7-9/h3-8H,1-2H3. The van der Waals surface area contributed by atoms with Gasteiger partial charge in [0.05, 0.1) is 5.16 Å². The van der Waals surface area contributed by atoms with Crippen LogP contribution >= 0.6 is 11.8 Å². The van der Waals surface area contributed by atoms with Crippen molar-refractivity contribution in [1.29, 1.82) is 0 Å². The number of rotatable bonds is 3. The summed E-state index contributed by atoms with van der Waals surface area (Å²) in [5.74, 6) is 0. The third-order valence-electron chi connectivity index (χ3n) is 1.98. The third kappa shape index (κ3) is 2.19. The van der Waals surface area contributed by atoms with Crippen LogP contribution in [0.4, 0.5) is 0 Å². The number of nitrogens with zero attached hydrogens (tertiary/aromatic N) is 2. The normalized spacial score (nSPS) is 10.9. The first-order chi connectivity index (χ1) is 7.68. The Bertz CT molecular complexity index is 468. The maximum atomic E-state index is 11.5. The molecule has 0 radical (unpaired) electrons. The molecule has 0 aliphatic rings. The smallest absolute Gasteiger partial charge is 0.283 e. The van der Waals surface area contributed by atoms with Gasteiger partial charge in [-0.2, -0.15) is 0 Å². The molecule has 0 fully saturated rings. The Balaban J connectivity index is 2.43. The van der Waals surface area contributed by atoms with E-state index in [1.807, 2.05) is 44.2 Å². The lowest BCUT2D eigenvalue weighted by Gasteiger charge is -2.00. The van der Waals surface area contributed by atoms with Gasteiger partial charge >= 0.3 is 0 Å². The van der Waals surface area contributed by atoms with Crippen molar-refractivity contribution in [3.05, 3.63) is 35.5 Å². The maximum Gasteiger partial charge on any atom is 0.283 e. The van der Waals surface area contributed by atoms with E-state index in [0.717, 1.165) is 5.56 Å². The minimum atomic E-state index is 0.354. The molecule has 0 saturated carbocycles. The number of thioether (sulfide) groups is 1. The van der Waals surface area contributed by atoms with Gasteiger partial charge in [0.25, 0.3) is 5.03 Å². The molecule has 0 aliphatic carbocycles. The molecule has 0 unspecified atom stereocenters. The zero-order valence-electron chi connectivity index (χ0n) is 9.08. The van der Waals surface area contributed by atoms with Crippen LogP contribution in [-0.4, -0.2) is 10.4 Å². The molecular formula is C11H12N2O2S. The van der Waals surface area contributed by atoms with Crippen LogP contribution in [0.5, 0.6) is 0 Å². The summed E-state index contributed by atoms with van der Waals surface area (Å²) < 4.78 is 4.64. The molecule has 1 aromatic heterocycles. The summed E-state index contributed by atoms with van der Waals surface area (Å²) in [6, 6.07) is 9.40. The molecule has 16 heavy (non-hydrogen) atoms. The van der Waals surface area contributed by atoms with E-state index in [9.17, 15) is 5.21 Å². The molecular weight excluding hydrogens is 224 g/mol. The SMILES string of the molecule is CC(C)Sc1no[n+]([O-])c1-c1ccccc1. The van der Waals surface area contributed by atoms with E-state index in [2.05, 4.69) is 9.79 Å². The lowest BCUT2D eigenvalue weighted by molar-refractivity contribution is -0.793. The Labute approximate surface area is 97.8 Å². The fourth-order valence-corrected chi connectivity index (χ4v) is 2.19. The largest absolute Gasteiger partial charge is 0.359 e. The average Bonchev–Trinajstić information content (AvgIpc) is 2.60. The van der Waals surface area contributed by atoms with Crippen LogP contribution < -0.4 is 4.90 Å². The topological polar surface area (TPSA) is 53.0 Å². The van der Waals surface area contributed by atoms with Crippen molar-refractivity contribution in [2.45, 2.75) is 24.1 Å². The number of benzene rings is 1. The van der Waals surface area contributed by atoms with Crippen LogP contribution in [0.15, 0.2) is 40.0 Å². The Kier molecular flexibility index (Phi) is 3.14. The number of hydrogen-bond acceptors (Lipinski definition) is 4. The van der Waals surface area contributed by atoms with Gasteiger partial charge in [-0.3, -0.25) is 4.63 Å². The maximum absolute atomic E-state index is 11.5. The minimum Gasteiger partial charge on any atom is -0.359 e. The number of aromatic nitrogens is 2. The lowest BCUT2D eigenvalue weighted by Crippen LogP contribution is -2.25. The highest BCUT2D eigenvalue weighted by Crippen LogP contribution is 2.29. The molecule has 0 aliphatic heterocycles. The monoisotopic (exact) mass is 236 g/mol. The van der Waals surface area contributed by atoms with E-state index >= 15 is 0 Å². The second kappa shape index (κ2) is 4.57. The van der Waals surface area contributed by atoms with E-state index < -0.39 is 0 Å². The molecule has 0 bridgehead atoms. The van der Waals surface area contributed by atoms with Crippen LogP contribution in [0, 0.1) is 5.21 Å². The van der Waals surface area contributed by atoms with E-state index in [1.165, 1.54) is 11.8 Å². The van der Waals surface area contributed by atoms with Crippen molar-refractivity contribution in [1.82, 2.24) is 5.16 Å². The Morgan fingerprint density at radius 2 is 2.00 bits per heavy atom. The first-order valence-corrected chi connectivity index (χ1v) is 5.88. The first-order valence-electron chi connectivity index (χ1n) is 5.00. The highest BCUT2D eigenvalue weighted by atomic mass is 32.2. The molecule has 2 rings (SSSR count). The van der Waals surface area contributed by atoms with E-state index in [1.54, 1.807) is 0 Å². The molecule has 0 spiro atoms. The molecule has 2 aromatic rings. The van der Waals surface area contributed by atoms with Crippen molar-refractivity contribution < 1.29 is 9.53 Å². The van der Waals surface area contributed by atoms with Gasteiger partial charge in [-0.1, -0.05) is 55.9 Å². The summed E-state index contributed by atoms with van der Waals surface area (Å²) in [6.07, 6.45) is 0. The quantitative estimate of drug-likeness (QED) is 0.607. The van der Waals surface area contributed by atoms with Gasteiger partial charge in [-0.15, -0.1) is 0 Å². The Morgan fingerprint density at radius 1 is 1.31 bits per heavy atom. The van der Waals surface area contributed by atoms with Crippen molar-refractivity contribution >= 4 is 11.8 Å². The zero-order valence-corrected chi connectivity index (χ0v) is 9.90. The van der Waals surface area contributed by atoms with E-state index in [4.69, 9.17) is 0 Å². The second-order valence-corrected chi connectivity index (χ2v) is 5.18. The molecule has 5 heteroatoms. The summed E-state index contributed by atoms with van der Waals surface area (Å²) >= 11 is 1.52. The van der Waals surface area contributed by atoms with Crippen molar-refractivity contribution in [2.75, 3.05) is 0 Å². The van der Waals surface area contributed by atoms with Crippen LogP contribution in [0.25, 0.3) is 11.3 Å². The molecule has 0 amide bonds. The van der Waals surface area contributed by atoms with Gasteiger partial charge in [0.15, 0.2) is 0 Å². The summed E-state index contributed by atoms with van der Waals surface area (Å²) in [5.41, 5.74) is 1.31. The van der Waals surface area contributed by atoms with Crippen LogP contribution in [-0.2, 0) is 0 Å². The van der Waals surface area contributed by atoms with Gasteiger partial charge in [-0.05, 0) is 4.90 Å². The average molecular weight is 236 g/mol. The van der Waals surface area contributed by atoms with Gasteiger partial charge in [0.1, 0.15) is 0 Å². The predicted octanol–water partition coefficient (Wildman–Crippen LogP) is 2.48. The molecule has 0 N–H and O–H groups in total.